The van der Waals surface area contributed by atoms with Gasteiger partial charge >= 0.3 is 0 Å². The molecule has 4 heteroatoms. The molecule has 1 atom stereocenters. The van der Waals surface area contributed by atoms with E-state index in [0.717, 1.165) is 42.6 Å². The number of fused-ring (bicyclic) bond motifs is 1. The maximum atomic E-state index is 9.78. The molecular formula is C17H23N3O. The average Bonchev–Trinajstić information content (AvgIpc) is 2.95. The summed E-state index contributed by atoms with van der Waals surface area (Å²) in [5.74, 6) is 1.31. The summed E-state index contributed by atoms with van der Waals surface area (Å²) in [5.41, 5.74) is 0. The van der Waals surface area contributed by atoms with Crippen molar-refractivity contribution < 1.29 is 5.11 Å². The smallest absolute Gasteiger partial charge is 0.136 e. The number of aromatic nitrogens is 1. The van der Waals surface area contributed by atoms with E-state index < -0.39 is 0 Å². The van der Waals surface area contributed by atoms with Crippen LogP contribution >= 0.6 is 0 Å². The zero-order valence-electron chi connectivity index (χ0n) is 12.5. The van der Waals surface area contributed by atoms with Crippen molar-refractivity contribution in [3.05, 3.63) is 30.5 Å². The second kappa shape index (κ2) is 6.31. The molecule has 1 aliphatic rings. The van der Waals surface area contributed by atoms with Crippen molar-refractivity contribution in [3.8, 4) is 5.75 Å². The van der Waals surface area contributed by atoms with Crippen molar-refractivity contribution in [3.63, 3.8) is 0 Å². The Balaban J connectivity index is 1.90. The lowest BCUT2D eigenvalue weighted by atomic mass is 10.1. The predicted molar refractivity (Wildman–Crippen MR) is 86.9 cm³/mol. The number of nitrogens with zero attached hydrogens (tertiary/aromatic N) is 2. The molecule has 0 aliphatic carbocycles. The minimum absolute atomic E-state index is 0.302. The summed E-state index contributed by atoms with van der Waals surface area (Å²) >= 11 is 0. The van der Waals surface area contributed by atoms with E-state index in [9.17, 15) is 5.11 Å². The van der Waals surface area contributed by atoms with Crippen molar-refractivity contribution in [2.75, 3.05) is 24.5 Å². The van der Waals surface area contributed by atoms with Gasteiger partial charge in [-0.15, -0.1) is 0 Å². The first-order chi connectivity index (χ1) is 10.3. The predicted octanol–water partition coefficient (Wildman–Crippen LogP) is 2.91. The van der Waals surface area contributed by atoms with Crippen molar-refractivity contribution in [2.45, 2.75) is 32.2 Å². The highest BCUT2D eigenvalue weighted by Crippen LogP contribution is 2.31. The Bertz CT molecular complexity index is 614. The highest BCUT2D eigenvalue weighted by atomic mass is 16.3. The van der Waals surface area contributed by atoms with Gasteiger partial charge in [-0.3, -0.25) is 0 Å². The Labute approximate surface area is 125 Å². The Morgan fingerprint density at radius 3 is 3.14 bits per heavy atom. The third-order valence-corrected chi connectivity index (χ3v) is 4.18. The van der Waals surface area contributed by atoms with Gasteiger partial charge in [0, 0.05) is 30.7 Å². The molecule has 2 heterocycles. The molecule has 21 heavy (non-hydrogen) atoms. The van der Waals surface area contributed by atoms with Gasteiger partial charge in [-0.1, -0.05) is 13.0 Å². The molecular weight excluding hydrogens is 262 g/mol. The fourth-order valence-electron chi connectivity index (χ4n) is 3.14. The van der Waals surface area contributed by atoms with Crippen LogP contribution in [-0.2, 0) is 0 Å². The lowest BCUT2D eigenvalue weighted by Crippen LogP contribution is -2.38. The highest BCUT2D eigenvalue weighted by Gasteiger charge is 2.26. The molecule has 1 fully saturated rings. The van der Waals surface area contributed by atoms with Crippen LogP contribution in [0.4, 0.5) is 5.82 Å². The van der Waals surface area contributed by atoms with Crippen LogP contribution in [0.1, 0.15) is 26.2 Å². The summed E-state index contributed by atoms with van der Waals surface area (Å²) < 4.78 is 0. The normalized spacial score (nSPS) is 18.5. The van der Waals surface area contributed by atoms with Gasteiger partial charge < -0.3 is 15.3 Å². The second-order valence-electron chi connectivity index (χ2n) is 5.73. The summed E-state index contributed by atoms with van der Waals surface area (Å²) in [6.07, 6.45) is 5.43. The molecule has 2 aromatic rings. The SMILES string of the molecule is CCCNCC1CCCN1c1nccc2ccc(O)cc12. The van der Waals surface area contributed by atoms with Crippen molar-refractivity contribution in [2.24, 2.45) is 0 Å². The van der Waals surface area contributed by atoms with E-state index in [4.69, 9.17) is 0 Å². The Kier molecular flexibility index (Phi) is 4.25. The molecule has 1 unspecified atom stereocenters. The first-order valence-corrected chi connectivity index (χ1v) is 7.84. The minimum atomic E-state index is 0.302. The highest BCUT2D eigenvalue weighted by molar-refractivity contribution is 5.93. The molecule has 0 radical (unpaired) electrons. The molecule has 0 spiro atoms. The summed E-state index contributed by atoms with van der Waals surface area (Å²) in [6, 6.07) is 8.01. The lowest BCUT2D eigenvalue weighted by molar-refractivity contribution is 0.476. The van der Waals surface area contributed by atoms with Crippen LogP contribution in [0, 0.1) is 0 Å². The largest absolute Gasteiger partial charge is 0.508 e. The monoisotopic (exact) mass is 285 g/mol. The number of benzene rings is 1. The molecule has 0 bridgehead atoms. The van der Waals surface area contributed by atoms with E-state index in [0.29, 0.717) is 11.8 Å². The lowest BCUT2D eigenvalue weighted by Gasteiger charge is -2.27. The topological polar surface area (TPSA) is 48.4 Å². The van der Waals surface area contributed by atoms with Crippen molar-refractivity contribution in [1.82, 2.24) is 10.3 Å². The first-order valence-electron chi connectivity index (χ1n) is 7.84. The second-order valence-corrected chi connectivity index (χ2v) is 5.73. The first kappa shape index (κ1) is 14.1. The summed E-state index contributed by atoms with van der Waals surface area (Å²) in [7, 11) is 0. The molecule has 0 amide bonds. The number of hydrogen-bond donors (Lipinski definition) is 2. The van der Waals surface area contributed by atoms with Crippen molar-refractivity contribution >= 4 is 16.6 Å². The molecule has 4 nitrogen and oxygen atoms in total. The molecule has 112 valence electrons. The molecule has 2 N–H and O–H groups in total. The van der Waals surface area contributed by atoms with Crippen LogP contribution < -0.4 is 10.2 Å². The third kappa shape index (κ3) is 2.95. The van der Waals surface area contributed by atoms with Crippen LogP contribution in [0.5, 0.6) is 5.75 Å². The van der Waals surface area contributed by atoms with E-state index in [-0.39, 0.29) is 0 Å². The van der Waals surface area contributed by atoms with Gasteiger partial charge in [-0.2, -0.15) is 0 Å². The number of nitrogens with one attached hydrogen (secondary N) is 1. The maximum absolute atomic E-state index is 9.78. The number of anilines is 1. The number of phenols is 1. The van der Waals surface area contributed by atoms with E-state index in [1.165, 1.54) is 12.8 Å². The van der Waals surface area contributed by atoms with Crippen LogP contribution in [-0.4, -0.2) is 35.8 Å². The summed E-state index contributed by atoms with van der Waals surface area (Å²) in [5, 5.41) is 15.5. The number of hydrogen-bond acceptors (Lipinski definition) is 4. The number of pyridine rings is 1. The number of phenolic OH excluding ortho intramolecular Hbond substituents is 1. The molecule has 0 saturated carbocycles. The van der Waals surface area contributed by atoms with E-state index in [2.05, 4.69) is 22.1 Å². The van der Waals surface area contributed by atoms with Gasteiger partial charge in [0.05, 0.1) is 0 Å². The quantitative estimate of drug-likeness (QED) is 0.829. The summed E-state index contributed by atoms with van der Waals surface area (Å²) in [4.78, 5) is 6.99. The van der Waals surface area contributed by atoms with E-state index in [1.807, 2.05) is 24.4 Å². The molecule has 1 aromatic carbocycles. The third-order valence-electron chi connectivity index (χ3n) is 4.18. The van der Waals surface area contributed by atoms with Crippen LogP contribution in [0.2, 0.25) is 0 Å². The summed E-state index contributed by atoms with van der Waals surface area (Å²) in [6.45, 7) is 5.30. The number of aromatic hydroxyl groups is 1. The van der Waals surface area contributed by atoms with Crippen LogP contribution in [0.15, 0.2) is 30.5 Å². The molecule has 1 aliphatic heterocycles. The van der Waals surface area contributed by atoms with E-state index >= 15 is 0 Å². The number of rotatable bonds is 5. The Hall–Kier alpha value is -1.81. The fraction of sp³-hybridized carbons (Fsp3) is 0.471. The van der Waals surface area contributed by atoms with Gasteiger partial charge in [-0.05, 0) is 49.4 Å². The minimum Gasteiger partial charge on any atom is -0.508 e. The van der Waals surface area contributed by atoms with Gasteiger partial charge in [0.25, 0.3) is 0 Å². The molecule has 1 saturated heterocycles. The molecule has 3 rings (SSSR count). The van der Waals surface area contributed by atoms with Gasteiger partial charge in [0.2, 0.25) is 0 Å². The van der Waals surface area contributed by atoms with Crippen molar-refractivity contribution in [1.29, 1.82) is 0 Å². The zero-order chi connectivity index (χ0) is 14.7. The van der Waals surface area contributed by atoms with E-state index in [1.54, 1.807) is 6.07 Å². The van der Waals surface area contributed by atoms with Gasteiger partial charge in [-0.25, -0.2) is 4.98 Å². The van der Waals surface area contributed by atoms with Crippen LogP contribution in [0.25, 0.3) is 10.8 Å². The van der Waals surface area contributed by atoms with Gasteiger partial charge in [0.1, 0.15) is 11.6 Å². The Morgan fingerprint density at radius 2 is 2.29 bits per heavy atom. The maximum Gasteiger partial charge on any atom is 0.136 e. The zero-order valence-corrected chi connectivity index (χ0v) is 12.5. The van der Waals surface area contributed by atoms with Gasteiger partial charge in [0.15, 0.2) is 0 Å². The molecule has 1 aromatic heterocycles. The van der Waals surface area contributed by atoms with Crippen LogP contribution in [0.3, 0.4) is 0 Å². The Morgan fingerprint density at radius 1 is 1.38 bits per heavy atom. The standard InChI is InChI=1S/C17H23N3O/c1-2-8-18-12-14-4-3-10-20(14)17-16-11-15(21)6-5-13(16)7-9-19-17/h5-7,9,11,14,18,21H,2-4,8,10,12H2,1H3. The fourth-order valence-corrected chi connectivity index (χ4v) is 3.14. The average molecular weight is 285 g/mol.